The van der Waals surface area contributed by atoms with Crippen LogP contribution in [0.25, 0.3) is 0 Å². The number of hydrogen-bond acceptors (Lipinski definition) is 7. The van der Waals surface area contributed by atoms with Crippen LogP contribution in [0.1, 0.15) is 91.0 Å². The van der Waals surface area contributed by atoms with E-state index in [9.17, 15) is 27.7 Å². The highest BCUT2D eigenvalue weighted by atomic mass is 32.2. The number of aliphatic hydroxyl groups excluding tert-OH is 1. The zero-order valence-electron chi connectivity index (χ0n) is 24.8. The molecule has 0 unspecified atom stereocenters. The Bertz CT molecular complexity index is 922. The van der Waals surface area contributed by atoms with Crippen molar-refractivity contribution in [2.75, 3.05) is 32.7 Å². The normalized spacial score (nSPS) is 17.2. The second-order valence-electron chi connectivity index (χ2n) is 10.7. The van der Waals surface area contributed by atoms with Gasteiger partial charge in [-0.05, 0) is 31.2 Å². The molecule has 2 atom stereocenters. The van der Waals surface area contributed by atoms with Crippen molar-refractivity contribution in [1.29, 1.82) is 0 Å². The van der Waals surface area contributed by atoms with Crippen LogP contribution >= 0.6 is 0 Å². The standard InChI is InChI=1S/C16H36N.C13H16N2O7S/c1-5-9-13-17(14-10-6-2,15-11-7-3)16-12-8-4;16-10-6-11(12(17)14-23(19,20)21)15(7-10)13(18)22-8-9-4-2-1-3-5-9/h5-16H2,1-4H3;1-5,10-11,16H,6-8H2,(H,14,17)(H,19,20,21)/q+1;/p-1/t;10-,11+/m.1/s1. The van der Waals surface area contributed by atoms with Gasteiger partial charge in [0, 0.05) is 6.42 Å². The number of benzene rings is 1. The van der Waals surface area contributed by atoms with Crippen LogP contribution in [0.3, 0.4) is 0 Å². The van der Waals surface area contributed by atoms with E-state index in [1.54, 1.807) is 30.3 Å². The fourth-order valence-corrected chi connectivity index (χ4v) is 5.28. The molecule has 11 heteroatoms. The van der Waals surface area contributed by atoms with Crippen molar-refractivity contribution in [2.24, 2.45) is 0 Å². The van der Waals surface area contributed by atoms with E-state index in [1.165, 1.54) is 86.8 Å². The molecule has 2 N–H and O–H groups in total. The van der Waals surface area contributed by atoms with Gasteiger partial charge in [-0.2, -0.15) is 0 Å². The molecule has 40 heavy (non-hydrogen) atoms. The third-order valence-corrected chi connectivity index (χ3v) is 7.64. The summed E-state index contributed by atoms with van der Waals surface area (Å²) in [6.07, 6.45) is 8.99. The largest absolute Gasteiger partial charge is 0.731 e. The van der Waals surface area contributed by atoms with Crippen molar-refractivity contribution in [2.45, 2.75) is 104 Å². The SMILES string of the molecule is CCCC[N+](CCCC)(CCCC)CCCC.O=C(NS(=O)(=O)[O-])[C@@H]1C[C@@H](O)CN1C(=O)OCc1ccccc1. The smallest absolute Gasteiger partial charge is 0.410 e. The lowest BCUT2D eigenvalue weighted by Crippen LogP contribution is -2.50. The first-order valence-electron chi connectivity index (χ1n) is 14.8. The third-order valence-electron chi connectivity index (χ3n) is 7.19. The average Bonchev–Trinajstić information content (AvgIpc) is 3.33. The zero-order chi connectivity index (χ0) is 30.0. The second-order valence-corrected chi connectivity index (χ2v) is 11.8. The van der Waals surface area contributed by atoms with E-state index in [0.29, 0.717) is 0 Å². The monoisotopic (exact) mass is 585 g/mol. The van der Waals surface area contributed by atoms with Gasteiger partial charge in [0.25, 0.3) is 5.91 Å². The summed E-state index contributed by atoms with van der Waals surface area (Å²) < 4.78 is 39.5. The minimum atomic E-state index is -4.99. The zero-order valence-corrected chi connectivity index (χ0v) is 25.7. The number of ether oxygens (including phenoxy) is 1. The van der Waals surface area contributed by atoms with E-state index in [4.69, 9.17) is 4.74 Å². The van der Waals surface area contributed by atoms with Crippen LogP contribution in [0, 0.1) is 0 Å². The molecule has 10 nitrogen and oxygen atoms in total. The molecule has 0 radical (unpaired) electrons. The van der Waals surface area contributed by atoms with Crippen molar-refractivity contribution >= 4 is 22.3 Å². The number of β-amino-alcohol motifs (C(OH)–C–C–N with tert-alkyl or cyclic N) is 1. The maximum Gasteiger partial charge on any atom is 0.410 e. The topological polar surface area (TPSA) is 136 Å². The summed E-state index contributed by atoms with van der Waals surface area (Å²) in [4.78, 5) is 24.7. The van der Waals surface area contributed by atoms with Crippen molar-refractivity contribution in [1.82, 2.24) is 9.62 Å². The van der Waals surface area contributed by atoms with Gasteiger partial charge in [-0.1, -0.05) is 83.7 Å². The Hall–Kier alpha value is -2.21. The van der Waals surface area contributed by atoms with Gasteiger partial charge in [0.2, 0.25) is 0 Å². The minimum absolute atomic E-state index is 0.0412. The number of hydrogen-bond donors (Lipinski definition) is 2. The maximum absolute atomic E-state index is 12.0. The average molecular weight is 586 g/mol. The van der Waals surface area contributed by atoms with Crippen LogP contribution in [0.15, 0.2) is 30.3 Å². The van der Waals surface area contributed by atoms with Crippen molar-refractivity contribution in [3.05, 3.63) is 35.9 Å². The first kappa shape index (κ1) is 35.8. The summed E-state index contributed by atoms with van der Waals surface area (Å²) in [7, 11) is -4.99. The molecular weight excluding hydrogens is 534 g/mol. The third kappa shape index (κ3) is 13.9. The van der Waals surface area contributed by atoms with Gasteiger partial charge in [-0.25, -0.2) is 13.2 Å². The van der Waals surface area contributed by atoms with Crippen molar-refractivity contribution in [3.8, 4) is 0 Å². The Kier molecular flexibility index (Phi) is 17.0. The summed E-state index contributed by atoms with van der Waals surface area (Å²) >= 11 is 0. The van der Waals surface area contributed by atoms with Crippen LogP contribution in [-0.4, -0.2) is 84.3 Å². The highest BCUT2D eigenvalue weighted by Gasteiger charge is 2.40. The van der Waals surface area contributed by atoms with Gasteiger partial charge in [-0.15, -0.1) is 0 Å². The Balaban J connectivity index is 0.000000421. The fraction of sp³-hybridized carbons (Fsp3) is 0.724. The molecule has 1 aromatic carbocycles. The number of aliphatic hydroxyl groups is 1. The number of quaternary nitrogens is 1. The van der Waals surface area contributed by atoms with Crippen LogP contribution in [0.5, 0.6) is 0 Å². The fourth-order valence-electron chi connectivity index (χ4n) is 4.90. The lowest BCUT2D eigenvalue weighted by atomic mass is 10.1. The Morgan fingerprint density at radius 1 is 0.950 bits per heavy atom. The molecule has 0 aromatic heterocycles. The number of nitrogens with one attached hydrogen (secondary N) is 1. The molecule has 1 aliphatic rings. The van der Waals surface area contributed by atoms with E-state index in [-0.39, 0.29) is 19.6 Å². The number of nitrogens with zero attached hydrogens (tertiary/aromatic N) is 2. The van der Waals surface area contributed by atoms with Gasteiger partial charge in [0.05, 0.1) is 38.8 Å². The Morgan fingerprint density at radius 3 is 1.85 bits per heavy atom. The number of unbranched alkanes of at least 4 members (excludes halogenated alkanes) is 4. The molecule has 2 rings (SSSR count). The summed E-state index contributed by atoms with van der Waals surface area (Å²) in [5.41, 5.74) is 0.726. The van der Waals surface area contributed by atoms with Gasteiger partial charge in [-0.3, -0.25) is 14.4 Å². The highest BCUT2D eigenvalue weighted by Crippen LogP contribution is 2.20. The van der Waals surface area contributed by atoms with Gasteiger partial charge >= 0.3 is 6.09 Å². The van der Waals surface area contributed by atoms with E-state index in [0.717, 1.165) is 10.5 Å². The molecule has 0 bridgehead atoms. The number of rotatable bonds is 16. The first-order valence-corrected chi connectivity index (χ1v) is 16.2. The van der Waals surface area contributed by atoms with Crippen LogP contribution < -0.4 is 4.72 Å². The van der Waals surface area contributed by atoms with Crippen molar-refractivity contribution < 1.29 is 36.9 Å². The quantitative estimate of drug-likeness (QED) is 0.218. The lowest BCUT2D eigenvalue weighted by molar-refractivity contribution is -0.929. The molecule has 1 heterocycles. The molecule has 2 amide bonds. The molecule has 1 fully saturated rings. The second kappa shape index (κ2) is 19.0. The van der Waals surface area contributed by atoms with Gasteiger partial charge < -0.3 is 18.9 Å². The Labute approximate surface area is 241 Å². The molecule has 0 saturated carbocycles. The summed E-state index contributed by atoms with van der Waals surface area (Å²) in [6.45, 7) is 14.8. The lowest BCUT2D eigenvalue weighted by Gasteiger charge is -2.39. The van der Waals surface area contributed by atoms with E-state index >= 15 is 0 Å². The van der Waals surface area contributed by atoms with Gasteiger partial charge in [0.15, 0.2) is 10.3 Å². The number of carbonyl (C=O) groups excluding carboxylic acids is 2. The Morgan fingerprint density at radius 2 is 1.43 bits per heavy atom. The van der Waals surface area contributed by atoms with Crippen LogP contribution in [0.4, 0.5) is 4.79 Å². The highest BCUT2D eigenvalue weighted by molar-refractivity contribution is 7.84. The number of carbonyl (C=O) groups is 2. The van der Waals surface area contributed by atoms with E-state index in [1.807, 2.05) is 0 Å². The molecule has 230 valence electrons. The predicted molar refractivity (Wildman–Crippen MR) is 155 cm³/mol. The molecular formula is C29H51N3O7S. The number of likely N-dealkylation sites (tertiary alicyclic amines) is 1. The van der Waals surface area contributed by atoms with Crippen LogP contribution in [-0.2, 0) is 26.4 Å². The summed E-state index contributed by atoms with van der Waals surface area (Å²) in [5, 5.41) is 9.59. The van der Waals surface area contributed by atoms with Crippen molar-refractivity contribution in [3.63, 3.8) is 0 Å². The van der Waals surface area contributed by atoms with Gasteiger partial charge in [0.1, 0.15) is 12.6 Å². The first-order chi connectivity index (χ1) is 19.0. The van der Waals surface area contributed by atoms with E-state index in [2.05, 4.69) is 27.7 Å². The predicted octanol–water partition coefficient (Wildman–Crippen LogP) is 4.34. The molecule has 1 aliphatic heterocycles. The summed E-state index contributed by atoms with van der Waals surface area (Å²) in [5.74, 6) is -1.17. The van der Waals surface area contributed by atoms with E-state index < -0.39 is 34.5 Å². The molecule has 0 aliphatic carbocycles. The minimum Gasteiger partial charge on any atom is -0.731 e. The molecule has 1 aromatic rings. The number of amides is 2. The molecule has 1 saturated heterocycles. The van der Waals surface area contributed by atoms with Crippen LogP contribution in [0.2, 0.25) is 0 Å². The summed E-state index contributed by atoms with van der Waals surface area (Å²) in [6, 6.07) is 7.51. The molecule has 0 spiro atoms. The maximum atomic E-state index is 12.0.